The minimum atomic E-state index is -0.0596. The lowest BCUT2D eigenvalue weighted by molar-refractivity contribution is -0.00687. The molecule has 0 aliphatic carbocycles. The van der Waals surface area contributed by atoms with Crippen molar-refractivity contribution in [3.05, 3.63) is 0 Å². The first-order valence-electron chi connectivity index (χ1n) is 8.94. The lowest BCUT2D eigenvalue weighted by atomic mass is 10.0. The van der Waals surface area contributed by atoms with E-state index in [9.17, 15) is 0 Å². The number of nitrogens with zero attached hydrogens (tertiary/aromatic N) is 2. The fourth-order valence-electron chi connectivity index (χ4n) is 3.13. The molecule has 0 aromatic carbocycles. The molecule has 2 aliphatic rings. The van der Waals surface area contributed by atoms with E-state index in [2.05, 4.69) is 43.2 Å². The Kier molecular flexibility index (Phi) is 6.68. The summed E-state index contributed by atoms with van der Waals surface area (Å²) in [6.45, 7) is 15.7. The summed E-state index contributed by atoms with van der Waals surface area (Å²) in [7, 11) is 0. The van der Waals surface area contributed by atoms with Gasteiger partial charge in [0.2, 0.25) is 0 Å². The fourth-order valence-corrected chi connectivity index (χ4v) is 3.13. The Hall–Kier alpha value is -0.850. The molecule has 0 bridgehead atoms. The summed E-state index contributed by atoms with van der Waals surface area (Å²) < 4.78 is 11.3. The van der Waals surface area contributed by atoms with E-state index in [1.165, 1.54) is 0 Å². The van der Waals surface area contributed by atoms with Crippen molar-refractivity contribution in [2.45, 2.75) is 51.7 Å². The van der Waals surface area contributed by atoms with Crippen molar-refractivity contribution in [3.63, 3.8) is 0 Å². The Morgan fingerprint density at radius 3 is 2.57 bits per heavy atom. The molecule has 2 heterocycles. The molecule has 1 unspecified atom stereocenters. The molecule has 2 N–H and O–H groups in total. The lowest BCUT2D eigenvalue weighted by Gasteiger charge is -2.40. The van der Waals surface area contributed by atoms with Crippen molar-refractivity contribution < 1.29 is 9.47 Å². The van der Waals surface area contributed by atoms with Gasteiger partial charge in [0.05, 0.1) is 25.4 Å². The molecule has 1 atom stereocenters. The summed E-state index contributed by atoms with van der Waals surface area (Å²) in [5.74, 6) is 0.880. The summed E-state index contributed by atoms with van der Waals surface area (Å²) in [5, 5.41) is 6.79. The van der Waals surface area contributed by atoms with Crippen LogP contribution in [0.3, 0.4) is 0 Å². The molecule has 134 valence electrons. The van der Waals surface area contributed by atoms with E-state index in [1.54, 1.807) is 0 Å². The van der Waals surface area contributed by atoms with Gasteiger partial charge in [0.1, 0.15) is 0 Å². The number of hydrogen-bond donors (Lipinski definition) is 2. The zero-order chi connectivity index (χ0) is 16.8. The molecule has 6 heteroatoms. The van der Waals surface area contributed by atoms with Crippen LogP contribution in [0.4, 0.5) is 0 Å². The molecule has 0 saturated carbocycles. The third kappa shape index (κ3) is 5.62. The average molecular weight is 326 g/mol. The molecule has 2 saturated heterocycles. The molecule has 0 aromatic rings. The van der Waals surface area contributed by atoms with E-state index in [0.29, 0.717) is 0 Å². The SMILES string of the molecule is CCNC(=NCC(C)(C)N1CCOCC1)NCC1(C)CCCO1. The summed E-state index contributed by atoms with van der Waals surface area (Å²) in [6, 6.07) is 0. The molecular formula is C17H34N4O2. The Labute approximate surface area is 141 Å². The number of hydrogen-bond acceptors (Lipinski definition) is 4. The number of aliphatic imine (C=N–C) groups is 1. The Morgan fingerprint density at radius 2 is 1.96 bits per heavy atom. The highest BCUT2D eigenvalue weighted by Gasteiger charge is 2.30. The minimum absolute atomic E-state index is 0.0416. The molecule has 2 rings (SSSR count). The zero-order valence-corrected chi connectivity index (χ0v) is 15.3. The van der Waals surface area contributed by atoms with Crippen molar-refractivity contribution in [1.29, 1.82) is 0 Å². The van der Waals surface area contributed by atoms with Crippen LogP contribution in [0.5, 0.6) is 0 Å². The van der Waals surface area contributed by atoms with Crippen molar-refractivity contribution in [2.24, 2.45) is 4.99 Å². The topological polar surface area (TPSA) is 58.1 Å². The van der Waals surface area contributed by atoms with Crippen LogP contribution in [-0.2, 0) is 9.47 Å². The highest BCUT2D eigenvalue weighted by Crippen LogP contribution is 2.23. The lowest BCUT2D eigenvalue weighted by Crippen LogP contribution is -2.52. The zero-order valence-electron chi connectivity index (χ0n) is 15.3. The van der Waals surface area contributed by atoms with Gasteiger partial charge in [-0.15, -0.1) is 0 Å². The second-order valence-electron chi connectivity index (χ2n) is 7.36. The normalized spacial score (nSPS) is 27.2. The third-order valence-electron chi connectivity index (χ3n) is 4.77. The van der Waals surface area contributed by atoms with Gasteiger partial charge in [-0.1, -0.05) is 0 Å². The molecule has 2 aliphatic heterocycles. The highest BCUT2D eigenvalue weighted by molar-refractivity contribution is 5.79. The maximum atomic E-state index is 5.84. The maximum absolute atomic E-state index is 5.84. The van der Waals surface area contributed by atoms with Gasteiger partial charge >= 0.3 is 0 Å². The molecule has 0 amide bonds. The average Bonchev–Trinajstić information content (AvgIpc) is 2.98. The predicted octanol–water partition coefficient (Wildman–Crippen LogP) is 1.22. The van der Waals surface area contributed by atoms with Gasteiger partial charge in [-0.3, -0.25) is 9.89 Å². The van der Waals surface area contributed by atoms with Gasteiger partial charge in [0.25, 0.3) is 0 Å². The third-order valence-corrected chi connectivity index (χ3v) is 4.77. The van der Waals surface area contributed by atoms with E-state index < -0.39 is 0 Å². The largest absolute Gasteiger partial charge is 0.379 e. The molecular weight excluding hydrogens is 292 g/mol. The van der Waals surface area contributed by atoms with Crippen LogP contribution in [0.2, 0.25) is 0 Å². The van der Waals surface area contributed by atoms with Crippen molar-refractivity contribution in [1.82, 2.24) is 15.5 Å². The summed E-state index contributed by atoms with van der Waals surface area (Å²) in [5.41, 5.74) is -0.0180. The Bertz CT molecular complexity index is 386. The molecule has 0 radical (unpaired) electrons. The van der Waals surface area contributed by atoms with E-state index in [1.807, 2.05) is 0 Å². The minimum Gasteiger partial charge on any atom is -0.379 e. The van der Waals surface area contributed by atoms with Crippen LogP contribution in [0.15, 0.2) is 4.99 Å². The molecule has 2 fully saturated rings. The van der Waals surface area contributed by atoms with Crippen LogP contribution in [0, 0.1) is 0 Å². The van der Waals surface area contributed by atoms with Crippen LogP contribution in [-0.4, -0.2) is 74.5 Å². The van der Waals surface area contributed by atoms with Crippen LogP contribution >= 0.6 is 0 Å². The van der Waals surface area contributed by atoms with Crippen molar-refractivity contribution in [2.75, 3.05) is 52.5 Å². The van der Waals surface area contributed by atoms with Gasteiger partial charge in [-0.25, -0.2) is 0 Å². The molecule has 0 spiro atoms. The maximum Gasteiger partial charge on any atom is 0.191 e. The first-order chi connectivity index (χ1) is 11.0. The van der Waals surface area contributed by atoms with Gasteiger partial charge in [-0.2, -0.15) is 0 Å². The van der Waals surface area contributed by atoms with Gasteiger partial charge < -0.3 is 20.1 Å². The summed E-state index contributed by atoms with van der Waals surface area (Å²) in [4.78, 5) is 7.27. The molecule has 23 heavy (non-hydrogen) atoms. The van der Waals surface area contributed by atoms with Gasteiger partial charge in [0, 0.05) is 38.3 Å². The Morgan fingerprint density at radius 1 is 1.22 bits per heavy atom. The van der Waals surface area contributed by atoms with Gasteiger partial charge in [0.15, 0.2) is 5.96 Å². The van der Waals surface area contributed by atoms with Crippen molar-refractivity contribution in [3.8, 4) is 0 Å². The second kappa shape index (κ2) is 8.31. The van der Waals surface area contributed by atoms with Crippen LogP contribution < -0.4 is 10.6 Å². The molecule has 0 aromatic heterocycles. The van der Waals surface area contributed by atoms with E-state index in [4.69, 9.17) is 14.5 Å². The van der Waals surface area contributed by atoms with Crippen molar-refractivity contribution >= 4 is 5.96 Å². The quantitative estimate of drug-likeness (QED) is 0.568. The number of ether oxygens (including phenoxy) is 2. The van der Waals surface area contributed by atoms with Crippen LogP contribution in [0.25, 0.3) is 0 Å². The standard InChI is InChI=1S/C17H34N4O2/c1-5-18-15(20-14-17(4)7-6-10-23-17)19-13-16(2,3)21-8-11-22-12-9-21/h5-14H2,1-4H3,(H2,18,19,20). The summed E-state index contributed by atoms with van der Waals surface area (Å²) in [6.07, 6.45) is 2.26. The first-order valence-corrected chi connectivity index (χ1v) is 8.94. The molecule has 6 nitrogen and oxygen atoms in total. The van der Waals surface area contributed by atoms with E-state index in [0.717, 1.165) is 71.3 Å². The smallest absolute Gasteiger partial charge is 0.191 e. The highest BCUT2D eigenvalue weighted by atomic mass is 16.5. The first kappa shape index (κ1) is 18.5. The number of guanidine groups is 1. The number of rotatable bonds is 6. The van der Waals surface area contributed by atoms with Gasteiger partial charge in [-0.05, 0) is 40.5 Å². The number of morpholine rings is 1. The number of nitrogens with one attached hydrogen (secondary N) is 2. The monoisotopic (exact) mass is 326 g/mol. The van der Waals surface area contributed by atoms with E-state index >= 15 is 0 Å². The van der Waals surface area contributed by atoms with E-state index in [-0.39, 0.29) is 11.1 Å². The summed E-state index contributed by atoms with van der Waals surface area (Å²) >= 11 is 0. The van der Waals surface area contributed by atoms with Crippen LogP contribution in [0.1, 0.15) is 40.5 Å². The fraction of sp³-hybridized carbons (Fsp3) is 0.941. The predicted molar refractivity (Wildman–Crippen MR) is 94.0 cm³/mol. The second-order valence-corrected chi connectivity index (χ2v) is 7.36. The Balaban J connectivity index is 1.88.